The molecular weight excluding hydrogens is 386 g/mol. The van der Waals surface area contributed by atoms with Gasteiger partial charge < -0.3 is 9.08 Å². The molecule has 1 amide bonds. The fraction of sp³-hybridized carbons (Fsp3) is 0.696. The van der Waals surface area contributed by atoms with Crippen molar-refractivity contribution in [3.05, 3.63) is 29.8 Å². The second kappa shape index (κ2) is 13.6. The van der Waals surface area contributed by atoms with E-state index in [2.05, 4.69) is 20.8 Å². The van der Waals surface area contributed by atoms with Crippen LogP contribution in [0.15, 0.2) is 24.3 Å². The van der Waals surface area contributed by atoms with Gasteiger partial charge in [-0.15, -0.1) is 0 Å². The van der Waals surface area contributed by atoms with Gasteiger partial charge in [0.15, 0.2) is 0 Å². The predicted octanol–water partition coefficient (Wildman–Crippen LogP) is 5.68. The Bertz CT molecular complexity index is 685. The first-order valence-corrected chi connectivity index (χ1v) is 12.7. The molecule has 0 saturated carbocycles. The van der Waals surface area contributed by atoms with Gasteiger partial charge in [-0.2, -0.15) is 8.42 Å². The fourth-order valence-corrected chi connectivity index (χ4v) is 3.66. The number of hydrogen-bond donors (Lipinski definition) is 0. The van der Waals surface area contributed by atoms with Crippen LogP contribution >= 0.6 is 0 Å². The summed E-state index contributed by atoms with van der Waals surface area (Å²) in [5, 5.41) is 0. The lowest BCUT2D eigenvalue weighted by Crippen LogP contribution is -2.37. The first-order chi connectivity index (χ1) is 13.8. The number of unbranched alkanes of at least 4 members (excludes halogenated alkanes) is 6. The smallest absolute Gasteiger partial charge is 0.308 e. The largest absolute Gasteiger partial charge is 0.382 e. The standard InChI is InChI=1S/C23H39NO4S/c1-5-8-9-10-11-12-13-14-23(25)24(20(4)6-2)19-21-15-17-22(18-16-21)28-29(26,27)7-3/h15-18,20H,5-14,19H2,1-4H3. The molecule has 0 aliphatic rings. The molecule has 5 nitrogen and oxygen atoms in total. The molecular formula is C23H39NO4S. The molecule has 0 aromatic heterocycles. The van der Waals surface area contributed by atoms with E-state index in [-0.39, 0.29) is 17.7 Å². The van der Waals surface area contributed by atoms with E-state index in [1.165, 1.54) is 32.1 Å². The summed E-state index contributed by atoms with van der Waals surface area (Å²) in [5.41, 5.74) is 0.972. The molecule has 0 saturated heterocycles. The Balaban J connectivity index is 2.59. The van der Waals surface area contributed by atoms with Crippen LogP contribution in [0.1, 0.15) is 91.0 Å². The lowest BCUT2D eigenvalue weighted by molar-refractivity contribution is -0.134. The van der Waals surface area contributed by atoms with Crippen LogP contribution in [-0.4, -0.2) is 31.0 Å². The quantitative estimate of drug-likeness (QED) is 0.268. The van der Waals surface area contributed by atoms with Gasteiger partial charge in [-0.25, -0.2) is 0 Å². The Labute approximate surface area is 178 Å². The van der Waals surface area contributed by atoms with Gasteiger partial charge in [0.1, 0.15) is 5.75 Å². The summed E-state index contributed by atoms with van der Waals surface area (Å²) in [6.07, 6.45) is 9.87. The minimum absolute atomic E-state index is 0.0658. The van der Waals surface area contributed by atoms with Gasteiger partial charge in [0.2, 0.25) is 5.91 Å². The van der Waals surface area contributed by atoms with Crippen LogP contribution in [0.4, 0.5) is 0 Å². The molecule has 1 rings (SSSR count). The normalized spacial score (nSPS) is 12.6. The minimum atomic E-state index is -3.52. The first-order valence-electron chi connectivity index (χ1n) is 11.1. The van der Waals surface area contributed by atoms with Crippen molar-refractivity contribution in [2.45, 2.75) is 98.1 Å². The fourth-order valence-electron chi connectivity index (χ4n) is 3.14. The lowest BCUT2D eigenvalue weighted by atomic mass is 10.1. The van der Waals surface area contributed by atoms with Gasteiger partial charge in [-0.3, -0.25) is 4.79 Å². The zero-order valence-corrected chi connectivity index (χ0v) is 19.5. The highest BCUT2D eigenvalue weighted by molar-refractivity contribution is 7.87. The Hall–Kier alpha value is -1.56. The third-order valence-corrected chi connectivity index (χ3v) is 6.44. The molecule has 0 N–H and O–H groups in total. The molecule has 0 radical (unpaired) electrons. The zero-order chi connectivity index (χ0) is 21.7. The number of nitrogens with zero attached hydrogens (tertiary/aromatic N) is 1. The third-order valence-electron chi connectivity index (χ3n) is 5.29. The summed E-state index contributed by atoms with van der Waals surface area (Å²) in [6.45, 7) is 8.46. The molecule has 6 heteroatoms. The Morgan fingerprint density at radius 3 is 2.10 bits per heavy atom. The molecule has 1 unspecified atom stereocenters. The number of carbonyl (C=O) groups excluding carboxylic acids is 1. The van der Waals surface area contributed by atoms with E-state index in [4.69, 9.17) is 4.18 Å². The van der Waals surface area contributed by atoms with Gasteiger partial charge in [-0.05, 0) is 44.4 Å². The zero-order valence-electron chi connectivity index (χ0n) is 18.7. The van der Waals surface area contributed by atoms with Gasteiger partial charge in [0, 0.05) is 19.0 Å². The van der Waals surface area contributed by atoms with Gasteiger partial charge in [0.05, 0.1) is 5.75 Å². The monoisotopic (exact) mass is 425 g/mol. The summed E-state index contributed by atoms with van der Waals surface area (Å²) in [7, 11) is -3.52. The predicted molar refractivity (Wildman–Crippen MR) is 119 cm³/mol. The molecule has 1 aromatic carbocycles. The van der Waals surface area contributed by atoms with Gasteiger partial charge >= 0.3 is 10.1 Å². The van der Waals surface area contributed by atoms with Crippen LogP contribution in [0.5, 0.6) is 5.75 Å². The van der Waals surface area contributed by atoms with E-state index in [0.717, 1.165) is 24.8 Å². The molecule has 1 aromatic rings. The molecule has 0 aliphatic carbocycles. The van der Waals surface area contributed by atoms with E-state index < -0.39 is 10.1 Å². The summed E-state index contributed by atoms with van der Waals surface area (Å²) in [6, 6.07) is 7.13. The SMILES string of the molecule is CCCCCCCCCC(=O)N(Cc1ccc(OS(=O)(=O)CC)cc1)C(C)CC. The molecule has 166 valence electrons. The summed E-state index contributed by atoms with van der Waals surface area (Å²) in [5.74, 6) is 0.436. The minimum Gasteiger partial charge on any atom is -0.382 e. The highest BCUT2D eigenvalue weighted by atomic mass is 32.2. The summed E-state index contributed by atoms with van der Waals surface area (Å²) >= 11 is 0. The van der Waals surface area contributed by atoms with E-state index in [1.807, 2.05) is 17.0 Å². The van der Waals surface area contributed by atoms with Crippen LogP contribution in [0.25, 0.3) is 0 Å². The van der Waals surface area contributed by atoms with Crippen LogP contribution in [0.3, 0.4) is 0 Å². The van der Waals surface area contributed by atoms with Crippen molar-refractivity contribution in [3.8, 4) is 5.75 Å². The molecule has 0 heterocycles. The molecule has 1 atom stereocenters. The Kier molecular flexibility index (Phi) is 12.0. The van der Waals surface area contributed by atoms with Crippen molar-refractivity contribution in [1.29, 1.82) is 0 Å². The van der Waals surface area contributed by atoms with E-state index >= 15 is 0 Å². The number of amides is 1. The van der Waals surface area contributed by atoms with Gasteiger partial charge in [-0.1, -0.05) is 64.5 Å². The van der Waals surface area contributed by atoms with E-state index in [1.54, 1.807) is 19.1 Å². The van der Waals surface area contributed by atoms with Crippen LogP contribution < -0.4 is 4.18 Å². The average Bonchev–Trinajstić information content (AvgIpc) is 2.71. The number of benzene rings is 1. The summed E-state index contributed by atoms with van der Waals surface area (Å²) in [4.78, 5) is 14.7. The van der Waals surface area contributed by atoms with Crippen molar-refractivity contribution >= 4 is 16.0 Å². The van der Waals surface area contributed by atoms with Crippen molar-refractivity contribution < 1.29 is 17.4 Å². The molecule has 0 fully saturated rings. The molecule has 0 spiro atoms. The second-order valence-electron chi connectivity index (χ2n) is 7.72. The van der Waals surface area contributed by atoms with Gasteiger partial charge in [0.25, 0.3) is 0 Å². The average molecular weight is 426 g/mol. The van der Waals surface area contributed by atoms with Crippen LogP contribution in [0.2, 0.25) is 0 Å². The van der Waals surface area contributed by atoms with Crippen molar-refractivity contribution in [1.82, 2.24) is 4.90 Å². The topological polar surface area (TPSA) is 63.7 Å². The molecule has 0 bridgehead atoms. The van der Waals surface area contributed by atoms with Crippen molar-refractivity contribution in [3.63, 3.8) is 0 Å². The maximum Gasteiger partial charge on any atom is 0.308 e. The Morgan fingerprint density at radius 2 is 1.55 bits per heavy atom. The summed E-state index contributed by atoms with van der Waals surface area (Å²) < 4.78 is 28.2. The van der Waals surface area contributed by atoms with Crippen LogP contribution in [-0.2, 0) is 21.5 Å². The highest BCUT2D eigenvalue weighted by Crippen LogP contribution is 2.19. The lowest BCUT2D eigenvalue weighted by Gasteiger charge is -2.29. The van der Waals surface area contributed by atoms with E-state index in [0.29, 0.717) is 18.7 Å². The van der Waals surface area contributed by atoms with Crippen LogP contribution in [0, 0.1) is 0 Å². The second-order valence-corrected chi connectivity index (χ2v) is 9.58. The maximum atomic E-state index is 12.8. The van der Waals surface area contributed by atoms with E-state index in [9.17, 15) is 13.2 Å². The third kappa shape index (κ3) is 10.2. The van der Waals surface area contributed by atoms with Crippen molar-refractivity contribution in [2.24, 2.45) is 0 Å². The maximum absolute atomic E-state index is 12.8. The Morgan fingerprint density at radius 1 is 0.966 bits per heavy atom. The number of hydrogen-bond acceptors (Lipinski definition) is 4. The number of rotatable bonds is 15. The highest BCUT2D eigenvalue weighted by Gasteiger charge is 2.19. The molecule has 0 aliphatic heterocycles. The number of carbonyl (C=O) groups is 1. The molecule has 29 heavy (non-hydrogen) atoms. The van der Waals surface area contributed by atoms with Crippen molar-refractivity contribution in [2.75, 3.05) is 5.75 Å². The first kappa shape index (κ1) is 25.5.